The van der Waals surface area contributed by atoms with Gasteiger partial charge in [-0.3, -0.25) is 14.9 Å². The van der Waals surface area contributed by atoms with E-state index in [2.05, 4.69) is 10.0 Å². The van der Waals surface area contributed by atoms with Gasteiger partial charge in [-0.25, -0.2) is 13.1 Å². The molecular formula is C18H21N3O5S. The lowest BCUT2D eigenvalue weighted by Crippen LogP contribution is -2.30. The number of carbonyl (C=O) groups is 1. The maximum Gasteiger partial charge on any atom is 0.269 e. The number of carbonyl (C=O) groups excluding carboxylic acids is 1. The molecule has 1 amide bonds. The van der Waals surface area contributed by atoms with Crippen LogP contribution in [0, 0.1) is 24.0 Å². The molecule has 0 saturated carbocycles. The van der Waals surface area contributed by atoms with Crippen LogP contribution in [0.5, 0.6) is 0 Å². The monoisotopic (exact) mass is 391 g/mol. The number of hydrogen-bond donors (Lipinski definition) is 2. The molecule has 144 valence electrons. The van der Waals surface area contributed by atoms with Gasteiger partial charge in [0.1, 0.15) is 0 Å². The van der Waals surface area contributed by atoms with Crippen LogP contribution >= 0.6 is 0 Å². The molecule has 9 heteroatoms. The van der Waals surface area contributed by atoms with Gasteiger partial charge in [0.15, 0.2) is 0 Å². The highest BCUT2D eigenvalue weighted by molar-refractivity contribution is 7.89. The van der Waals surface area contributed by atoms with E-state index < -0.39 is 14.9 Å². The Bertz CT molecular complexity index is 940. The summed E-state index contributed by atoms with van der Waals surface area (Å²) in [5, 5.41) is 13.2. The molecule has 2 rings (SSSR count). The van der Waals surface area contributed by atoms with Crippen LogP contribution in [0.3, 0.4) is 0 Å². The zero-order valence-corrected chi connectivity index (χ0v) is 15.9. The molecule has 0 atom stereocenters. The fourth-order valence-electron chi connectivity index (χ4n) is 2.29. The fourth-order valence-corrected chi connectivity index (χ4v) is 3.40. The van der Waals surface area contributed by atoms with E-state index in [0.717, 1.165) is 11.1 Å². The van der Waals surface area contributed by atoms with E-state index >= 15 is 0 Å². The molecule has 0 radical (unpaired) electrons. The number of rotatable bonds is 8. The number of nitro benzene ring substituents is 1. The van der Waals surface area contributed by atoms with Crippen LogP contribution in [0.2, 0.25) is 0 Å². The third kappa shape index (κ3) is 5.87. The van der Waals surface area contributed by atoms with Crippen molar-refractivity contribution in [1.82, 2.24) is 10.0 Å². The molecule has 0 aliphatic carbocycles. The van der Waals surface area contributed by atoms with Gasteiger partial charge >= 0.3 is 0 Å². The maximum atomic E-state index is 12.2. The Morgan fingerprint density at radius 2 is 1.74 bits per heavy atom. The summed E-state index contributed by atoms with van der Waals surface area (Å²) in [6, 6.07) is 10.7. The number of amides is 1. The van der Waals surface area contributed by atoms with Gasteiger partial charge < -0.3 is 5.32 Å². The molecule has 0 aliphatic rings. The molecule has 2 aromatic carbocycles. The van der Waals surface area contributed by atoms with Gasteiger partial charge in [0.25, 0.3) is 5.69 Å². The Balaban J connectivity index is 1.81. The number of aryl methyl sites for hydroxylation is 2. The highest BCUT2D eigenvalue weighted by atomic mass is 32.2. The van der Waals surface area contributed by atoms with Crippen LogP contribution in [0.4, 0.5) is 5.69 Å². The van der Waals surface area contributed by atoms with Crippen molar-refractivity contribution in [3.05, 3.63) is 69.3 Å². The van der Waals surface area contributed by atoms with Gasteiger partial charge in [0.05, 0.1) is 9.82 Å². The predicted octanol–water partition coefficient (Wildman–Crippen LogP) is 2.20. The van der Waals surface area contributed by atoms with E-state index in [1.165, 1.54) is 18.2 Å². The lowest BCUT2D eigenvalue weighted by Gasteiger charge is -2.09. The lowest BCUT2D eigenvalue weighted by molar-refractivity contribution is -0.384. The molecule has 0 aliphatic heterocycles. The number of non-ortho nitro benzene ring substituents is 1. The minimum atomic E-state index is -3.67. The Labute approximate surface area is 157 Å². The zero-order chi connectivity index (χ0) is 20.0. The number of hydrogen-bond acceptors (Lipinski definition) is 5. The molecule has 0 saturated heterocycles. The summed E-state index contributed by atoms with van der Waals surface area (Å²) < 4.78 is 26.9. The highest BCUT2D eigenvalue weighted by Crippen LogP contribution is 2.14. The molecular weight excluding hydrogens is 370 g/mol. The minimum absolute atomic E-state index is 0.0168. The minimum Gasteiger partial charge on any atom is -0.352 e. The molecule has 0 bridgehead atoms. The van der Waals surface area contributed by atoms with Crippen molar-refractivity contribution in [2.24, 2.45) is 0 Å². The normalized spacial score (nSPS) is 11.2. The van der Waals surface area contributed by atoms with Crippen LogP contribution in [0.15, 0.2) is 47.4 Å². The van der Waals surface area contributed by atoms with Crippen molar-refractivity contribution in [2.45, 2.75) is 31.7 Å². The Morgan fingerprint density at radius 1 is 1.07 bits per heavy atom. The summed E-state index contributed by atoms with van der Waals surface area (Å²) >= 11 is 0. The largest absolute Gasteiger partial charge is 0.352 e. The Morgan fingerprint density at radius 3 is 2.33 bits per heavy atom. The van der Waals surface area contributed by atoms with Crippen LogP contribution in [0.25, 0.3) is 0 Å². The third-order valence-corrected chi connectivity index (χ3v) is 5.53. The van der Waals surface area contributed by atoms with E-state index in [-0.39, 0.29) is 36.0 Å². The van der Waals surface area contributed by atoms with E-state index in [1.807, 2.05) is 13.8 Å². The number of nitro groups is 1. The van der Waals surface area contributed by atoms with Crippen molar-refractivity contribution in [3.63, 3.8) is 0 Å². The van der Waals surface area contributed by atoms with Gasteiger partial charge in [-0.2, -0.15) is 0 Å². The summed E-state index contributed by atoms with van der Waals surface area (Å²) in [6.07, 6.45) is -0.0168. The first-order valence-electron chi connectivity index (χ1n) is 8.26. The van der Waals surface area contributed by atoms with Crippen LogP contribution in [-0.2, 0) is 21.4 Å². The molecule has 0 aromatic heterocycles. The molecule has 0 fully saturated rings. The second-order valence-corrected chi connectivity index (χ2v) is 7.86. The van der Waals surface area contributed by atoms with Crippen molar-refractivity contribution < 1.29 is 18.1 Å². The van der Waals surface area contributed by atoms with Gasteiger partial charge in [-0.1, -0.05) is 18.2 Å². The quantitative estimate of drug-likeness (QED) is 0.528. The van der Waals surface area contributed by atoms with Crippen LogP contribution in [-0.4, -0.2) is 25.8 Å². The zero-order valence-electron chi connectivity index (χ0n) is 15.1. The standard InChI is InChI=1S/C18H21N3O5S/c1-13-3-8-17(11-14(13)2)27(25,26)20-10-9-18(22)19-12-15-4-6-16(7-5-15)21(23)24/h3-8,11,20H,9-10,12H2,1-2H3,(H,19,22). The van der Waals surface area contributed by atoms with Crippen LogP contribution < -0.4 is 10.0 Å². The summed E-state index contributed by atoms with van der Waals surface area (Å²) in [5.74, 6) is -0.323. The van der Waals surface area contributed by atoms with E-state index in [1.54, 1.807) is 24.3 Å². The topological polar surface area (TPSA) is 118 Å². The maximum absolute atomic E-state index is 12.2. The molecule has 2 aromatic rings. The molecule has 0 unspecified atom stereocenters. The number of nitrogens with one attached hydrogen (secondary N) is 2. The number of benzene rings is 2. The van der Waals surface area contributed by atoms with Crippen molar-refractivity contribution in [1.29, 1.82) is 0 Å². The van der Waals surface area contributed by atoms with Gasteiger partial charge in [-0.05, 0) is 42.7 Å². The second kappa shape index (κ2) is 8.74. The fraction of sp³-hybridized carbons (Fsp3) is 0.278. The van der Waals surface area contributed by atoms with Crippen molar-refractivity contribution >= 4 is 21.6 Å². The van der Waals surface area contributed by atoms with Gasteiger partial charge in [0.2, 0.25) is 15.9 Å². The second-order valence-electron chi connectivity index (χ2n) is 6.09. The number of nitrogens with zero attached hydrogens (tertiary/aromatic N) is 1. The van der Waals surface area contributed by atoms with E-state index in [0.29, 0.717) is 5.56 Å². The average Bonchev–Trinajstić information content (AvgIpc) is 2.62. The third-order valence-electron chi connectivity index (χ3n) is 4.07. The highest BCUT2D eigenvalue weighted by Gasteiger charge is 2.15. The van der Waals surface area contributed by atoms with E-state index in [4.69, 9.17) is 0 Å². The molecule has 8 nitrogen and oxygen atoms in total. The van der Waals surface area contributed by atoms with Crippen LogP contribution in [0.1, 0.15) is 23.1 Å². The smallest absolute Gasteiger partial charge is 0.269 e. The number of sulfonamides is 1. The van der Waals surface area contributed by atoms with Gasteiger partial charge in [-0.15, -0.1) is 0 Å². The first kappa shape index (κ1) is 20.5. The molecule has 27 heavy (non-hydrogen) atoms. The predicted molar refractivity (Wildman–Crippen MR) is 101 cm³/mol. The molecule has 0 heterocycles. The first-order chi connectivity index (χ1) is 12.7. The lowest BCUT2D eigenvalue weighted by atomic mass is 10.1. The summed E-state index contributed by atoms with van der Waals surface area (Å²) in [4.78, 5) is 22.1. The SMILES string of the molecule is Cc1ccc(S(=O)(=O)NCCC(=O)NCc2ccc([N+](=O)[O-])cc2)cc1C. The van der Waals surface area contributed by atoms with Crippen molar-refractivity contribution in [3.8, 4) is 0 Å². The Kier molecular flexibility index (Phi) is 6.65. The molecule has 0 spiro atoms. The summed E-state index contributed by atoms with van der Waals surface area (Å²) in [6.45, 7) is 3.91. The molecule has 2 N–H and O–H groups in total. The van der Waals surface area contributed by atoms with Gasteiger partial charge in [0, 0.05) is 31.6 Å². The first-order valence-corrected chi connectivity index (χ1v) is 9.74. The summed E-state index contributed by atoms with van der Waals surface area (Å²) in [7, 11) is -3.67. The Hall–Kier alpha value is -2.78. The average molecular weight is 391 g/mol. The van der Waals surface area contributed by atoms with E-state index in [9.17, 15) is 23.3 Å². The summed E-state index contributed by atoms with van der Waals surface area (Å²) in [5.41, 5.74) is 2.56. The van der Waals surface area contributed by atoms with Crippen molar-refractivity contribution in [2.75, 3.05) is 6.54 Å².